The maximum atomic E-state index is 13.8. The molecular formula is C19H26FNO5. The molecule has 0 aromatic heterocycles. The van der Waals surface area contributed by atoms with Gasteiger partial charge in [-0.2, -0.15) is 0 Å². The zero-order valence-electron chi connectivity index (χ0n) is 15.2. The predicted molar refractivity (Wildman–Crippen MR) is 92.4 cm³/mol. The number of nitrogens with zero attached hydrogens (tertiary/aromatic N) is 1. The zero-order valence-corrected chi connectivity index (χ0v) is 15.2. The second kappa shape index (κ2) is 7.13. The quantitative estimate of drug-likeness (QED) is 0.841. The van der Waals surface area contributed by atoms with Gasteiger partial charge in [0.15, 0.2) is 11.6 Å². The Kier molecular flexibility index (Phi) is 5.23. The molecule has 0 radical (unpaired) electrons. The highest BCUT2D eigenvalue weighted by Crippen LogP contribution is 2.39. The third-order valence-corrected chi connectivity index (χ3v) is 5.62. The van der Waals surface area contributed by atoms with Crippen molar-refractivity contribution >= 4 is 5.91 Å². The van der Waals surface area contributed by atoms with E-state index in [4.69, 9.17) is 9.47 Å². The molecule has 2 saturated heterocycles. The van der Waals surface area contributed by atoms with Crippen LogP contribution in [0.5, 0.6) is 5.75 Å². The van der Waals surface area contributed by atoms with Crippen molar-refractivity contribution in [3.63, 3.8) is 0 Å². The van der Waals surface area contributed by atoms with Crippen LogP contribution in [0.3, 0.4) is 0 Å². The van der Waals surface area contributed by atoms with Crippen molar-refractivity contribution in [2.24, 2.45) is 0 Å². The molecule has 3 rings (SSSR count). The largest absolute Gasteiger partial charge is 0.494 e. The van der Waals surface area contributed by atoms with E-state index in [0.717, 1.165) is 0 Å². The first-order valence-electron chi connectivity index (χ1n) is 8.92. The zero-order chi connectivity index (χ0) is 18.9. The van der Waals surface area contributed by atoms with Crippen molar-refractivity contribution < 1.29 is 28.9 Å². The lowest BCUT2D eigenvalue weighted by Gasteiger charge is -2.51. The lowest BCUT2D eigenvalue weighted by atomic mass is 9.75. The molecule has 2 atom stereocenters. The van der Waals surface area contributed by atoms with E-state index in [0.29, 0.717) is 44.5 Å². The highest BCUT2D eigenvalue weighted by Gasteiger charge is 2.52. The van der Waals surface area contributed by atoms with Gasteiger partial charge in [0.25, 0.3) is 0 Å². The smallest absolute Gasteiger partial charge is 0.226 e. The molecule has 2 aliphatic heterocycles. The molecule has 144 valence electrons. The number of hydrogen-bond acceptors (Lipinski definition) is 5. The van der Waals surface area contributed by atoms with Crippen LogP contribution in [0.15, 0.2) is 18.2 Å². The Morgan fingerprint density at radius 3 is 2.69 bits per heavy atom. The molecule has 1 aromatic carbocycles. The molecule has 26 heavy (non-hydrogen) atoms. The van der Waals surface area contributed by atoms with Crippen LogP contribution in [-0.4, -0.2) is 65.1 Å². The van der Waals surface area contributed by atoms with Crippen LogP contribution in [0.4, 0.5) is 4.39 Å². The summed E-state index contributed by atoms with van der Waals surface area (Å²) in [6.45, 7) is 2.88. The molecule has 0 unspecified atom stereocenters. The summed E-state index contributed by atoms with van der Waals surface area (Å²) < 4.78 is 24.5. The Bertz CT molecular complexity index is 670. The second-order valence-electron chi connectivity index (χ2n) is 7.45. The summed E-state index contributed by atoms with van der Waals surface area (Å²) >= 11 is 0. The average molecular weight is 367 g/mol. The summed E-state index contributed by atoms with van der Waals surface area (Å²) in [7, 11) is 1.39. The first-order chi connectivity index (χ1) is 12.3. The van der Waals surface area contributed by atoms with Crippen LogP contribution < -0.4 is 4.74 Å². The van der Waals surface area contributed by atoms with Crippen molar-refractivity contribution in [1.29, 1.82) is 0 Å². The number of ether oxygens (including phenoxy) is 2. The minimum absolute atomic E-state index is 0.0959. The third-order valence-electron chi connectivity index (χ3n) is 5.62. The van der Waals surface area contributed by atoms with Gasteiger partial charge in [0.05, 0.1) is 25.7 Å². The summed E-state index contributed by atoms with van der Waals surface area (Å²) in [6.07, 6.45) is 0.452. The van der Waals surface area contributed by atoms with Crippen molar-refractivity contribution in [2.75, 3.05) is 26.8 Å². The van der Waals surface area contributed by atoms with E-state index in [2.05, 4.69) is 0 Å². The number of amides is 1. The molecule has 0 bridgehead atoms. The van der Waals surface area contributed by atoms with Gasteiger partial charge in [0.1, 0.15) is 11.7 Å². The Labute approximate surface area is 152 Å². The first kappa shape index (κ1) is 19.1. The fourth-order valence-corrected chi connectivity index (χ4v) is 3.90. The number of aliphatic hydroxyl groups excluding tert-OH is 1. The summed E-state index contributed by atoms with van der Waals surface area (Å²) in [5.74, 6) is -0.436. The summed E-state index contributed by atoms with van der Waals surface area (Å²) in [4.78, 5) is 14.2. The molecule has 0 aliphatic carbocycles. The van der Waals surface area contributed by atoms with E-state index in [-0.39, 0.29) is 18.1 Å². The molecule has 0 saturated carbocycles. The van der Waals surface area contributed by atoms with E-state index in [1.807, 2.05) is 0 Å². The monoisotopic (exact) mass is 367 g/mol. The minimum Gasteiger partial charge on any atom is -0.494 e. The van der Waals surface area contributed by atoms with Gasteiger partial charge < -0.3 is 24.6 Å². The van der Waals surface area contributed by atoms with Crippen molar-refractivity contribution in [2.45, 2.75) is 49.9 Å². The van der Waals surface area contributed by atoms with Gasteiger partial charge in [-0.1, -0.05) is 6.07 Å². The maximum Gasteiger partial charge on any atom is 0.226 e. The number of carbonyl (C=O) groups excluding carboxylic acids is 1. The predicted octanol–water partition coefficient (Wildman–Crippen LogP) is 1.27. The lowest BCUT2D eigenvalue weighted by molar-refractivity contribution is -0.245. The average Bonchev–Trinajstić information content (AvgIpc) is 2.60. The Hall–Kier alpha value is -1.70. The molecule has 1 amide bonds. The Balaban J connectivity index is 1.61. The van der Waals surface area contributed by atoms with Gasteiger partial charge in [-0.15, -0.1) is 0 Å². The van der Waals surface area contributed by atoms with Crippen LogP contribution in [0, 0.1) is 5.82 Å². The van der Waals surface area contributed by atoms with Crippen molar-refractivity contribution in [3.05, 3.63) is 29.6 Å². The number of hydrogen-bond donors (Lipinski definition) is 2. The molecule has 2 fully saturated rings. The topological polar surface area (TPSA) is 79.2 Å². The molecule has 2 heterocycles. The first-order valence-corrected chi connectivity index (χ1v) is 8.92. The maximum absolute atomic E-state index is 13.8. The van der Waals surface area contributed by atoms with E-state index < -0.39 is 23.1 Å². The van der Waals surface area contributed by atoms with Crippen molar-refractivity contribution in [3.8, 4) is 5.75 Å². The summed E-state index contributed by atoms with van der Waals surface area (Å²) in [6, 6.07) is 4.50. The van der Waals surface area contributed by atoms with Gasteiger partial charge in [-0.3, -0.25) is 4.79 Å². The number of piperidine rings is 1. The van der Waals surface area contributed by atoms with Gasteiger partial charge >= 0.3 is 0 Å². The SMILES string of the molecule is COc1ccc(CC(=O)N2CCC3(CC2)OCC[C@@](C)(O)[C@@H]3O)cc1F. The van der Waals surface area contributed by atoms with Crippen LogP contribution in [0.2, 0.25) is 0 Å². The van der Waals surface area contributed by atoms with Crippen LogP contribution in [0.25, 0.3) is 0 Å². The van der Waals surface area contributed by atoms with Gasteiger partial charge in [0, 0.05) is 19.5 Å². The van der Waals surface area contributed by atoms with Crippen LogP contribution in [-0.2, 0) is 16.0 Å². The molecule has 7 heteroatoms. The Morgan fingerprint density at radius 2 is 2.08 bits per heavy atom. The highest BCUT2D eigenvalue weighted by molar-refractivity contribution is 5.79. The highest BCUT2D eigenvalue weighted by atomic mass is 19.1. The van der Waals surface area contributed by atoms with Gasteiger partial charge in [-0.25, -0.2) is 4.39 Å². The van der Waals surface area contributed by atoms with Crippen LogP contribution >= 0.6 is 0 Å². The molecule has 2 N–H and O–H groups in total. The number of halogens is 1. The van der Waals surface area contributed by atoms with Crippen LogP contribution in [0.1, 0.15) is 31.7 Å². The Morgan fingerprint density at radius 1 is 1.38 bits per heavy atom. The number of carbonyl (C=O) groups is 1. The molecule has 2 aliphatic rings. The van der Waals surface area contributed by atoms with Crippen molar-refractivity contribution in [1.82, 2.24) is 4.90 Å². The van der Waals surface area contributed by atoms with E-state index in [9.17, 15) is 19.4 Å². The van der Waals surface area contributed by atoms with E-state index >= 15 is 0 Å². The van der Waals surface area contributed by atoms with Gasteiger partial charge in [0.2, 0.25) is 5.91 Å². The number of benzene rings is 1. The molecular weight excluding hydrogens is 341 g/mol. The lowest BCUT2D eigenvalue weighted by Crippen LogP contribution is -2.64. The fraction of sp³-hybridized carbons (Fsp3) is 0.632. The number of aliphatic hydroxyl groups is 2. The van der Waals surface area contributed by atoms with E-state index in [1.165, 1.54) is 19.2 Å². The van der Waals surface area contributed by atoms with Gasteiger partial charge in [-0.05, 0) is 37.5 Å². The fourth-order valence-electron chi connectivity index (χ4n) is 3.90. The number of rotatable bonds is 3. The number of likely N-dealkylation sites (tertiary alicyclic amines) is 1. The normalized spacial score (nSPS) is 28.2. The van der Waals surface area contributed by atoms with E-state index in [1.54, 1.807) is 17.9 Å². The molecule has 1 spiro atoms. The molecule has 6 nitrogen and oxygen atoms in total. The standard InChI is InChI=1S/C19H26FNO5/c1-18(24)7-10-26-19(17(18)23)5-8-21(9-6-19)16(22)12-13-3-4-15(25-2)14(20)11-13/h3-4,11,17,23-24H,5-10,12H2,1-2H3/t17-,18+/m0/s1. The molecule has 1 aromatic rings. The second-order valence-corrected chi connectivity index (χ2v) is 7.45. The minimum atomic E-state index is -1.18. The third kappa shape index (κ3) is 3.56. The number of methoxy groups -OCH3 is 1. The summed E-state index contributed by atoms with van der Waals surface area (Å²) in [5, 5.41) is 20.9. The summed E-state index contributed by atoms with van der Waals surface area (Å²) in [5.41, 5.74) is -1.39.